The van der Waals surface area contributed by atoms with Crippen LogP contribution in [0.5, 0.6) is 0 Å². The molecule has 3 nitrogen and oxygen atoms in total. The van der Waals surface area contributed by atoms with Crippen LogP contribution in [0.3, 0.4) is 0 Å². The Morgan fingerprint density at radius 1 is 1.20 bits per heavy atom. The lowest BCUT2D eigenvalue weighted by molar-refractivity contribution is 0.303. The Bertz CT molecular complexity index is 306. The summed E-state index contributed by atoms with van der Waals surface area (Å²) in [6, 6.07) is 3.66. The first kappa shape index (κ1) is 10.8. The molecule has 1 atom stereocenters. The molecule has 0 aromatic carbocycles. The third-order valence-corrected chi connectivity index (χ3v) is 3.35. The molecule has 1 saturated carbocycles. The van der Waals surface area contributed by atoms with Crippen LogP contribution in [0.4, 0.5) is 0 Å². The molecule has 1 aromatic heterocycles. The van der Waals surface area contributed by atoms with Crippen LogP contribution >= 0.6 is 11.6 Å². The molecule has 1 aliphatic rings. The van der Waals surface area contributed by atoms with Crippen LogP contribution in [-0.2, 0) is 0 Å². The quantitative estimate of drug-likeness (QED) is 0.842. The van der Waals surface area contributed by atoms with Crippen LogP contribution in [0.1, 0.15) is 43.8 Å². The van der Waals surface area contributed by atoms with Crippen molar-refractivity contribution in [3.63, 3.8) is 0 Å². The first-order valence-corrected chi connectivity index (χ1v) is 5.90. The number of hydrogen-bond acceptors (Lipinski definition) is 3. The van der Waals surface area contributed by atoms with E-state index in [2.05, 4.69) is 10.2 Å². The van der Waals surface area contributed by atoms with Gasteiger partial charge in [0.2, 0.25) is 0 Å². The maximum atomic E-state index is 6.17. The fraction of sp³-hybridized carbons (Fsp3) is 0.636. The Hall–Kier alpha value is -0.670. The average Bonchev–Trinajstić information content (AvgIpc) is 2.30. The van der Waals surface area contributed by atoms with Gasteiger partial charge >= 0.3 is 0 Å². The second kappa shape index (κ2) is 4.90. The van der Waals surface area contributed by atoms with Gasteiger partial charge in [0.1, 0.15) is 0 Å². The highest BCUT2D eigenvalue weighted by atomic mass is 35.5. The minimum atomic E-state index is 0.0232. The average molecular weight is 226 g/mol. The lowest BCUT2D eigenvalue weighted by Gasteiger charge is -2.26. The van der Waals surface area contributed by atoms with Gasteiger partial charge in [0.05, 0.1) is 11.7 Å². The number of nitrogens with zero attached hydrogens (tertiary/aromatic N) is 2. The fourth-order valence-corrected chi connectivity index (χ4v) is 2.34. The van der Waals surface area contributed by atoms with Gasteiger partial charge in [0.15, 0.2) is 5.15 Å². The number of rotatable bonds is 2. The first-order valence-electron chi connectivity index (χ1n) is 5.52. The molecule has 0 saturated heterocycles. The zero-order valence-corrected chi connectivity index (χ0v) is 9.45. The van der Waals surface area contributed by atoms with Crippen LogP contribution in [0.2, 0.25) is 5.15 Å². The van der Waals surface area contributed by atoms with E-state index in [-0.39, 0.29) is 6.04 Å². The molecule has 1 unspecified atom stereocenters. The molecule has 2 N–H and O–H groups in total. The van der Waals surface area contributed by atoms with Crippen molar-refractivity contribution in [2.24, 2.45) is 11.7 Å². The highest BCUT2D eigenvalue weighted by Gasteiger charge is 2.22. The molecule has 0 amide bonds. The van der Waals surface area contributed by atoms with Crippen molar-refractivity contribution in [3.05, 3.63) is 23.0 Å². The van der Waals surface area contributed by atoms with E-state index in [0.717, 1.165) is 5.69 Å². The van der Waals surface area contributed by atoms with Crippen LogP contribution in [-0.4, -0.2) is 10.2 Å². The standard InChI is InChI=1S/C11H16ClN3/c12-10-7-6-9(14-15-10)11(13)8-4-2-1-3-5-8/h6-8,11H,1-5,13H2. The van der Waals surface area contributed by atoms with E-state index in [1.807, 2.05) is 6.07 Å². The molecular formula is C11H16ClN3. The van der Waals surface area contributed by atoms with E-state index in [1.165, 1.54) is 32.1 Å². The topological polar surface area (TPSA) is 51.8 Å². The van der Waals surface area contributed by atoms with Crippen LogP contribution < -0.4 is 5.73 Å². The molecule has 0 radical (unpaired) electrons. The molecule has 82 valence electrons. The van der Waals surface area contributed by atoms with Gasteiger partial charge in [-0.05, 0) is 30.9 Å². The van der Waals surface area contributed by atoms with E-state index in [0.29, 0.717) is 11.1 Å². The predicted molar refractivity (Wildman–Crippen MR) is 60.5 cm³/mol. The largest absolute Gasteiger partial charge is 0.322 e. The number of hydrogen-bond donors (Lipinski definition) is 1. The zero-order chi connectivity index (χ0) is 10.7. The Kier molecular flexibility index (Phi) is 3.54. The third-order valence-electron chi connectivity index (χ3n) is 3.15. The van der Waals surface area contributed by atoms with Crippen molar-refractivity contribution in [1.29, 1.82) is 0 Å². The van der Waals surface area contributed by atoms with Gasteiger partial charge in [0.25, 0.3) is 0 Å². The van der Waals surface area contributed by atoms with Crippen LogP contribution in [0, 0.1) is 5.92 Å². The smallest absolute Gasteiger partial charge is 0.151 e. The lowest BCUT2D eigenvalue weighted by atomic mass is 9.83. The second-order valence-corrected chi connectivity index (χ2v) is 4.59. The van der Waals surface area contributed by atoms with Crippen molar-refractivity contribution in [2.75, 3.05) is 0 Å². The van der Waals surface area contributed by atoms with Crippen molar-refractivity contribution in [3.8, 4) is 0 Å². The molecule has 1 aromatic rings. The summed E-state index contributed by atoms with van der Waals surface area (Å²) < 4.78 is 0. The molecule has 0 aliphatic heterocycles. The van der Waals surface area contributed by atoms with Crippen molar-refractivity contribution in [2.45, 2.75) is 38.1 Å². The van der Waals surface area contributed by atoms with E-state index in [9.17, 15) is 0 Å². The van der Waals surface area contributed by atoms with Crippen molar-refractivity contribution < 1.29 is 0 Å². The summed E-state index contributed by atoms with van der Waals surface area (Å²) >= 11 is 5.69. The van der Waals surface area contributed by atoms with Gasteiger partial charge in [-0.15, -0.1) is 5.10 Å². The van der Waals surface area contributed by atoms with Gasteiger partial charge in [-0.3, -0.25) is 0 Å². The molecule has 2 rings (SSSR count). The fourth-order valence-electron chi connectivity index (χ4n) is 2.24. The minimum absolute atomic E-state index is 0.0232. The molecule has 1 fully saturated rings. The van der Waals surface area contributed by atoms with Gasteiger partial charge in [0, 0.05) is 0 Å². The Morgan fingerprint density at radius 2 is 1.93 bits per heavy atom. The Balaban J connectivity index is 2.05. The molecule has 0 bridgehead atoms. The summed E-state index contributed by atoms with van der Waals surface area (Å²) in [5.41, 5.74) is 7.04. The highest BCUT2D eigenvalue weighted by molar-refractivity contribution is 6.29. The normalized spacial score (nSPS) is 20.1. The van der Waals surface area contributed by atoms with Crippen LogP contribution in [0.15, 0.2) is 12.1 Å². The molecule has 4 heteroatoms. The second-order valence-electron chi connectivity index (χ2n) is 4.20. The Morgan fingerprint density at radius 3 is 2.53 bits per heavy atom. The number of nitrogens with two attached hydrogens (primary N) is 1. The van der Waals surface area contributed by atoms with E-state index >= 15 is 0 Å². The highest BCUT2D eigenvalue weighted by Crippen LogP contribution is 2.31. The molecular weight excluding hydrogens is 210 g/mol. The van der Waals surface area contributed by atoms with Crippen molar-refractivity contribution >= 4 is 11.6 Å². The molecule has 15 heavy (non-hydrogen) atoms. The van der Waals surface area contributed by atoms with E-state index in [1.54, 1.807) is 6.07 Å². The maximum Gasteiger partial charge on any atom is 0.151 e. The summed E-state index contributed by atoms with van der Waals surface area (Å²) in [5.74, 6) is 0.564. The van der Waals surface area contributed by atoms with Crippen molar-refractivity contribution in [1.82, 2.24) is 10.2 Å². The summed E-state index contributed by atoms with van der Waals surface area (Å²) in [6.45, 7) is 0. The summed E-state index contributed by atoms with van der Waals surface area (Å²) in [4.78, 5) is 0. The third kappa shape index (κ3) is 2.67. The number of halogens is 1. The van der Waals surface area contributed by atoms with E-state index in [4.69, 9.17) is 17.3 Å². The molecule has 0 spiro atoms. The van der Waals surface area contributed by atoms with Gasteiger partial charge in [-0.1, -0.05) is 30.9 Å². The first-order chi connectivity index (χ1) is 7.27. The monoisotopic (exact) mass is 225 g/mol. The minimum Gasteiger partial charge on any atom is -0.322 e. The SMILES string of the molecule is NC(c1ccc(Cl)nn1)C1CCCCC1. The van der Waals surface area contributed by atoms with Crippen LogP contribution in [0.25, 0.3) is 0 Å². The maximum absolute atomic E-state index is 6.17. The molecule has 1 heterocycles. The summed E-state index contributed by atoms with van der Waals surface area (Å²) in [5, 5.41) is 8.30. The summed E-state index contributed by atoms with van der Waals surface area (Å²) in [7, 11) is 0. The predicted octanol–water partition coefficient (Wildman–Crippen LogP) is 2.71. The molecule has 1 aliphatic carbocycles. The van der Waals surface area contributed by atoms with Gasteiger partial charge < -0.3 is 5.73 Å². The Labute approximate surface area is 95.0 Å². The number of aromatic nitrogens is 2. The summed E-state index contributed by atoms with van der Waals surface area (Å²) in [6.07, 6.45) is 6.35. The zero-order valence-electron chi connectivity index (χ0n) is 8.69. The van der Waals surface area contributed by atoms with Gasteiger partial charge in [-0.2, -0.15) is 5.10 Å². The van der Waals surface area contributed by atoms with E-state index < -0.39 is 0 Å². The van der Waals surface area contributed by atoms with Gasteiger partial charge in [-0.25, -0.2) is 0 Å². The lowest BCUT2D eigenvalue weighted by Crippen LogP contribution is -2.24.